The lowest BCUT2D eigenvalue weighted by Crippen LogP contribution is -2.36. The number of anilines is 2. The van der Waals surface area contributed by atoms with Gasteiger partial charge in [-0.15, -0.1) is 0 Å². The highest BCUT2D eigenvalue weighted by atomic mass is 16.4. The number of rotatable bonds is 2. The van der Waals surface area contributed by atoms with Crippen molar-refractivity contribution in [1.29, 1.82) is 0 Å². The maximum atomic E-state index is 10.5. The van der Waals surface area contributed by atoms with Crippen molar-refractivity contribution < 1.29 is 9.90 Å². The third-order valence-corrected chi connectivity index (χ3v) is 2.75. The van der Waals surface area contributed by atoms with E-state index >= 15 is 0 Å². The minimum Gasteiger partial charge on any atom is -0.465 e. The standard InChI is InChI=1S/C9H15N5O2/c1-13-8(7(10)4-11-13)14-3-2-6(5-14)12-9(15)16/h4,6,12H,2-3,5,10H2,1H3,(H,15,16)/t6-/m1/s1. The molecule has 1 atom stereocenters. The molecular weight excluding hydrogens is 210 g/mol. The van der Waals surface area contributed by atoms with Gasteiger partial charge < -0.3 is 21.1 Å². The summed E-state index contributed by atoms with van der Waals surface area (Å²) in [5.74, 6) is 0.856. The molecule has 88 valence electrons. The Hall–Kier alpha value is -1.92. The SMILES string of the molecule is Cn1ncc(N)c1N1CC[C@@H](NC(=O)O)C1. The first-order chi connectivity index (χ1) is 7.58. The first kappa shape index (κ1) is 10.6. The lowest BCUT2D eigenvalue weighted by molar-refractivity contribution is 0.191. The number of carbonyl (C=O) groups is 1. The molecular formula is C9H15N5O2. The highest BCUT2D eigenvalue weighted by Crippen LogP contribution is 2.25. The van der Waals surface area contributed by atoms with Gasteiger partial charge in [-0.05, 0) is 6.42 Å². The second kappa shape index (κ2) is 3.92. The molecule has 1 aromatic heterocycles. The Morgan fingerprint density at radius 2 is 2.50 bits per heavy atom. The molecule has 2 heterocycles. The van der Waals surface area contributed by atoms with Crippen molar-refractivity contribution in [2.45, 2.75) is 12.5 Å². The monoisotopic (exact) mass is 225 g/mol. The van der Waals surface area contributed by atoms with Crippen LogP contribution in [0.2, 0.25) is 0 Å². The van der Waals surface area contributed by atoms with Crippen LogP contribution in [-0.2, 0) is 7.05 Å². The molecule has 1 aliphatic rings. The third-order valence-electron chi connectivity index (χ3n) is 2.75. The Balaban J connectivity index is 2.06. The summed E-state index contributed by atoms with van der Waals surface area (Å²) in [7, 11) is 1.82. The van der Waals surface area contributed by atoms with E-state index in [4.69, 9.17) is 10.8 Å². The summed E-state index contributed by atoms with van der Waals surface area (Å²) >= 11 is 0. The molecule has 0 bridgehead atoms. The molecule has 0 aliphatic carbocycles. The molecule has 16 heavy (non-hydrogen) atoms. The van der Waals surface area contributed by atoms with Gasteiger partial charge >= 0.3 is 6.09 Å². The van der Waals surface area contributed by atoms with Crippen molar-refractivity contribution in [3.8, 4) is 0 Å². The number of nitrogen functional groups attached to an aromatic ring is 1. The van der Waals surface area contributed by atoms with E-state index < -0.39 is 6.09 Å². The summed E-state index contributed by atoms with van der Waals surface area (Å²) in [6.07, 6.45) is 1.41. The summed E-state index contributed by atoms with van der Waals surface area (Å²) < 4.78 is 1.71. The zero-order valence-corrected chi connectivity index (χ0v) is 9.05. The largest absolute Gasteiger partial charge is 0.465 e. The Morgan fingerprint density at radius 3 is 3.06 bits per heavy atom. The Labute approximate surface area is 92.8 Å². The van der Waals surface area contributed by atoms with Gasteiger partial charge in [-0.3, -0.25) is 4.68 Å². The van der Waals surface area contributed by atoms with Crippen LogP contribution in [0.3, 0.4) is 0 Å². The molecule has 0 unspecified atom stereocenters. The normalized spacial score (nSPS) is 20.1. The van der Waals surface area contributed by atoms with Gasteiger partial charge in [-0.1, -0.05) is 0 Å². The van der Waals surface area contributed by atoms with Gasteiger partial charge in [-0.25, -0.2) is 4.79 Å². The minimum atomic E-state index is -0.982. The number of nitrogens with zero attached hydrogens (tertiary/aromatic N) is 3. The number of hydrogen-bond acceptors (Lipinski definition) is 4. The molecule has 0 saturated carbocycles. The first-order valence-electron chi connectivity index (χ1n) is 5.10. The van der Waals surface area contributed by atoms with Crippen LogP contribution in [0.4, 0.5) is 16.3 Å². The van der Waals surface area contributed by atoms with Crippen molar-refractivity contribution in [2.75, 3.05) is 23.7 Å². The fourth-order valence-electron chi connectivity index (χ4n) is 2.08. The van der Waals surface area contributed by atoms with E-state index in [0.29, 0.717) is 12.2 Å². The van der Waals surface area contributed by atoms with Crippen LogP contribution in [0.25, 0.3) is 0 Å². The van der Waals surface area contributed by atoms with Crippen molar-refractivity contribution in [3.05, 3.63) is 6.20 Å². The molecule has 0 aromatic carbocycles. The maximum Gasteiger partial charge on any atom is 0.404 e. The molecule has 1 amide bonds. The summed E-state index contributed by atoms with van der Waals surface area (Å²) in [5, 5.41) is 15.2. The second-order valence-electron chi connectivity index (χ2n) is 3.93. The fourth-order valence-corrected chi connectivity index (χ4v) is 2.08. The van der Waals surface area contributed by atoms with Gasteiger partial charge in [0.05, 0.1) is 17.9 Å². The summed E-state index contributed by atoms with van der Waals surface area (Å²) in [6, 6.07) is -0.0354. The predicted octanol–water partition coefficient (Wildman–Crippen LogP) is -0.151. The zero-order chi connectivity index (χ0) is 11.7. The van der Waals surface area contributed by atoms with Crippen LogP contribution in [0.15, 0.2) is 6.20 Å². The average Bonchev–Trinajstić information content (AvgIpc) is 2.73. The zero-order valence-electron chi connectivity index (χ0n) is 9.05. The first-order valence-corrected chi connectivity index (χ1v) is 5.10. The van der Waals surface area contributed by atoms with E-state index in [0.717, 1.165) is 18.8 Å². The number of hydrogen-bond donors (Lipinski definition) is 3. The Bertz CT molecular complexity index is 383. The van der Waals surface area contributed by atoms with Crippen LogP contribution in [0, 0.1) is 0 Å². The molecule has 0 radical (unpaired) electrons. The molecule has 7 heteroatoms. The number of amides is 1. The molecule has 0 spiro atoms. The molecule has 7 nitrogen and oxygen atoms in total. The van der Waals surface area contributed by atoms with Crippen molar-refractivity contribution in [2.24, 2.45) is 7.05 Å². The van der Waals surface area contributed by atoms with Crippen LogP contribution in [-0.4, -0.2) is 40.1 Å². The van der Waals surface area contributed by atoms with Crippen LogP contribution >= 0.6 is 0 Å². The van der Waals surface area contributed by atoms with Crippen LogP contribution in [0.5, 0.6) is 0 Å². The number of carboxylic acid groups (broad SMARTS) is 1. The molecule has 1 aliphatic heterocycles. The lowest BCUT2D eigenvalue weighted by atomic mass is 10.3. The van der Waals surface area contributed by atoms with E-state index in [1.807, 2.05) is 11.9 Å². The van der Waals surface area contributed by atoms with Crippen molar-refractivity contribution in [1.82, 2.24) is 15.1 Å². The van der Waals surface area contributed by atoms with Gasteiger partial charge in [0.15, 0.2) is 0 Å². The van der Waals surface area contributed by atoms with Crippen LogP contribution < -0.4 is 16.0 Å². The molecule has 2 rings (SSSR count). The highest BCUT2D eigenvalue weighted by molar-refractivity contribution is 5.66. The highest BCUT2D eigenvalue weighted by Gasteiger charge is 2.26. The molecule has 1 fully saturated rings. The Morgan fingerprint density at radius 1 is 1.75 bits per heavy atom. The van der Waals surface area contributed by atoms with E-state index in [1.165, 1.54) is 0 Å². The third kappa shape index (κ3) is 1.88. The number of nitrogens with one attached hydrogen (secondary N) is 1. The average molecular weight is 225 g/mol. The molecule has 1 aromatic rings. The number of aryl methyl sites for hydroxylation is 1. The second-order valence-corrected chi connectivity index (χ2v) is 3.93. The minimum absolute atomic E-state index is 0.0354. The Kier molecular flexibility index (Phi) is 2.59. The predicted molar refractivity (Wildman–Crippen MR) is 59.4 cm³/mol. The van der Waals surface area contributed by atoms with E-state index in [9.17, 15) is 4.79 Å². The topological polar surface area (TPSA) is 96.4 Å². The van der Waals surface area contributed by atoms with Gasteiger partial charge in [0.1, 0.15) is 5.82 Å². The summed E-state index contributed by atoms with van der Waals surface area (Å²) in [6.45, 7) is 1.42. The van der Waals surface area contributed by atoms with Crippen LogP contribution in [0.1, 0.15) is 6.42 Å². The molecule has 1 saturated heterocycles. The fraction of sp³-hybridized carbons (Fsp3) is 0.556. The van der Waals surface area contributed by atoms with E-state index in [-0.39, 0.29) is 6.04 Å². The van der Waals surface area contributed by atoms with E-state index in [2.05, 4.69) is 10.4 Å². The quantitative estimate of drug-likeness (QED) is 0.650. The smallest absolute Gasteiger partial charge is 0.404 e. The summed E-state index contributed by atoms with van der Waals surface area (Å²) in [4.78, 5) is 12.6. The van der Waals surface area contributed by atoms with Gasteiger partial charge in [0, 0.05) is 20.1 Å². The van der Waals surface area contributed by atoms with Gasteiger partial charge in [-0.2, -0.15) is 5.10 Å². The van der Waals surface area contributed by atoms with Crippen molar-refractivity contribution in [3.63, 3.8) is 0 Å². The summed E-state index contributed by atoms with van der Waals surface area (Å²) in [5.41, 5.74) is 6.43. The number of nitrogens with two attached hydrogens (primary N) is 1. The van der Waals surface area contributed by atoms with Crippen molar-refractivity contribution >= 4 is 17.6 Å². The maximum absolute atomic E-state index is 10.5. The molecule has 4 N–H and O–H groups in total. The van der Waals surface area contributed by atoms with Gasteiger partial charge in [0.25, 0.3) is 0 Å². The van der Waals surface area contributed by atoms with E-state index in [1.54, 1.807) is 10.9 Å². The lowest BCUT2D eigenvalue weighted by Gasteiger charge is -2.19. The number of aromatic nitrogens is 2. The van der Waals surface area contributed by atoms with Gasteiger partial charge in [0.2, 0.25) is 0 Å².